The summed E-state index contributed by atoms with van der Waals surface area (Å²) < 4.78 is 0. The number of carbonyl (C=O) groups excluding carboxylic acids is 1. The van der Waals surface area contributed by atoms with Crippen molar-refractivity contribution >= 4 is 46.2 Å². The van der Waals surface area contributed by atoms with Gasteiger partial charge >= 0.3 is 0 Å². The monoisotopic (exact) mass is 382 g/mol. The van der Waals surface area contributed by atoms with Crippen molar-refractivity contribution in [2.75, 3.05) is 10.6 Å². The number of aromatic nitrogens is 1. The summed E-state index contributed by atoms with van der Waals surface area (Å²) in [5, 5.41) is 15.6. The van der Waals surface area contributed by atoms with E-state index in [4.69, 9.17) is 28.5 Å². The van der Waals surface area contributed by atoms with E-state index in [1.807, 2.05) is 6.07 Å². The quantitative estimate of drug-likeness (QED) is 0.645. The highest BCUT2D eigenvalue weighted by molar-refractivity contribution is 6.40. The number of hydrogen-bond acceptors (Lipinski definition) is 4. The third-order valence-electron chi connectivity index (χ3n) is 3.53. The van der Waals surface area contributed by atoms with Crippen molar-refractivity contribution in [2.45, 2.75) is 0 Å². The average Bonchev–Trinajstić information content (AvgIpc) is 2.65. The fraction of sp³-hybridized carbons (Fsp3) is 0. The Kier molecular flexibility index (Phi) is 5.37. The summed E-state index contributed by atoms with van der Waals surface area (Å²) >= 11 is 12.2. The standard InChI is InChI=1S/C19H12Cl2N4O/c20-15-5-3-6-16(21)18(15)25-19(26)13-8-14(11-23-10-13)24-17-7-2-1-4-12(17)9-22/h1-8,10-11,24H,(H,25,26). The van der Waals surface area contributed by atoms with Crippen LogP contribution >= 0.6 is 23.2 Å². The molecule has 3 aromatic rings. The minimum absolute atomic E-state index is 0.320. The molecule has 3 rings (SSSR count). The zero-order valence-electron chi connectivity index (χ0n) is 13.3. The van der Waals surface area contributed by atoms with Gasteiger partial charge in [0.2, 0.25) is 0 Å². The molecule has 0 radical (unpaired) electrons. The molecule has 2 aromatic carbocycles. The molecular weight excluding hydrogens is 371 g/mol. The van der Waals surface area contributed by atoms with Gasteiger partial charge in [0.15, 0.2) is 0 Å². The maximum atomic E-state index is 12.5. The van der Waals surface area contributed by atoms with Crippen LogP contribution in [0.2, 0.25) is 10.0 Å². The van der Waals surface area contributed by atoms with E-state index in [1.165, 1.54) is 6.20 Å². The van der Waals surface area contributed by atoms with Crippen molar-refractivity contribution in [2.24, 2.45) is 0 Å². The van der Waals surface area contributed by atoms with Crippen LogP contribution in [0.4, 0.5) is 17.1 Å². The molecule has 0 bridgehead atoms. The first kappa shape index (κ1) is 17.7. The summed E-state index contributed by atoms with van der Waals surface area (Å²) in [6.07, 6.45) is 2.99. The molecule has 7 heteroatoms. The topological polar surface area (TPSA) is 77.8 Å². The van der Waals surface area contributed by atoms with Gasteiger partial charge in [-0.2, -0.15) is 5.26 Å². The van der Waals surface area contributed by atoms with Gasteiger partial charge in [-0.3, -0.25) is 9.78 Å². The summed E-state index contributed by atoms with van der Waals surface area (Å²) in [7, 11) is 0. The molecule has 0 unspecified atom stereocenters. The number of nitrogens with zero attached hydrogens (tertiary/aromatic N) is 2. The van der Waals surface area contributed by atoms with Crippen molar-refractivity contribution in [1.82, 2.24) is 4.98 Å². The normalized spacial score (nSPS) is 10.0. The van der Waals surface area contributed by atoms with Crippen LogP contribution in [0.25, 0.3) is 0 Å². The van der Waals surface area contributed by atoms with Gasteiger partial charge in [0.1, 0.15) is 6.07 Å². The van der Waals surface area contributed by atoms with E-state index < -0.39 is 5.91 Å². The molecule has 2 N–H and O–H groups in total. The van der Waals surface area contributed by atoms with E-state index in [2.05, 4.69) is 21.7 Å². The number of halogens is 2. The maximum absolute atomic E-state index is 12.5. The van der Waals surface area contributed by atoms with Crippen LogP contribution in [0.5, 0.6) is 0 Å². The van der Waals surface area contributed by atoms with Crippen molar-refractivity contribution in [3.63, 3.8) is 0 Å². The smallest absolute Gasteiger partial charge is 0.257 e. The lowest BCUT2D eigenvalue weighted by Gasteiger charge is -2.11. The first-order valence-electron chi connectivity index (χ1n) is 7.55. The third-order valence-corrected chi connectivity index (χ3v) is 4.16. The molecular formula is C19H12Cl2N4O. The number of hydrogen-bond donors (Lipinski definition) is 2. The van der Waals surface area contributed by atoms with Crippen LogP contribution in [0.1, 0.15) is 15.9 Å². The Morgan fingerprint density at radius 3 is 2.50 bits per heavy atom. The molecule has 0 aliphatic carbocycles. The molecule has 0 fully saturated rings. The average molecular weight is 383 g/mol. The zero-order valence-corrected chi connectivity index (χ0v) is 14.8. The SMILES string of the molecule is N#Cc1ccccc1Nc1cncc(C(=O)Nc2c(Cl)cccc2Cl)c1. The molecule has 1 aromatic heterocycles. The number of nitriles is 1. The molecule has 0 aliphatic rings. The van der Waals surface area contributed by atoms with E-state index in [1.54, 1.807) is 48.7 Å². The lowest BCUT2D eigenvalue weighted by Crippen LogP contribution is -2.13. The Hall–Kier alpha value is -3.07. The van der Waals surface area contributed by atoms with E-state index in [0.717, 1.165) is 0 Å². The highest BCUT2D eigenvalue weighted by Crippen LogP contribution is 2.30. The fourth-order valence-electron chi connectivity index (χ4n) is 2.28. The Bertz CT molecular complexity index is 994. The van der Waals surface area contributed by atoms with Gasteiger partial charge in [0.05, 0.1) is 44.4 Å². The number of pyridine rings is 1. The summed E-state index contributed by atoms with van der Waals surface area (Å²) in [6, 6.07) is 15.8. The molecule has 1 heterocycles. The van der Waals surface area contributed by atoms with Gasteiger partial charge in [0.25, 0.3) is 5.91 Å². The molecule has 5 nitrogen and oxygen atoms in total. The number of amides is 1. The fourth-order valence-corrected chi connectivity index (χ4v) is 2.77. The second kappa shape index (κ2) is 7.87. The lowest BCUT2D eigenvalue weighted by molar-refractivity contribution is 0.102. The molecule has 0 saturated carbocycles. The highest BCUT2D eigenvalue weighted by atomic mass is 35.5. The molecule has 26 heavy (non-hydrogen) atoms. The van der Waals surface area contributed by atoms with Gasteiger partial charge in [0, 0.05) is 6.20 Å². The minimum Gasteiger partial charge on any atom is -0.353 e. The zero-order chi connectivity index (χ0) is 18.5. The number of rotatable bonds is 4. The van der Waals surface area contributed by atoms with Crippen molar-refractivity contribution in [3.05, 3.63) is 82.1 Å². The predicted octanol–water partition coefficient (Wildman–Crippen LogP) is 5.26. The number of carbonyl (C=O) groups is 1. The predicted molar refractivity (Wildman–Crippen MR) is 103 cm³/mol. The van der Waals surface area contributed by atoms with Crippen LogP contribution in [0.15, 0.2) is 60.9 Å². The van der Waals surface area contributed by atoms with Crippen molar-refractivity contribution < 1.29 is 4.79 Å². The molecule has 0 aliphatic heterocycles. The van der Waals surface area contributed by atoms with Crippen LogP contribution < -0.4 is 10.6 Å². The highest BCUT2D eigenvalue weighted by Gasteiger charge is 2.12. The number of para-hydroxylation sites is 2. The number of benzene rings is 2. The largest absolute Gasteiger partial charge is 0.353 e. The van der Waals surface area contributed by atoms with Gasteiger partial charge in [-0.1, -0.05) is 41.4 Å². The first-order valence-corrected chi connectivity index (χ1v) is 8.30. The van der Waals surface area contributed by atoms with Crippen LogP contribution in [0.3, 0.4) is 0 Å². The molecule has 128 valence electrons. The summed E-state index contributed by atoms with van der Waals surface area (Å²) in [5.74, 6) is -0.398. The van der Waals surface area contributed by atoms with E-state index in [9.17, 15) is 4.79 Å². The van der Waals surface area contributed by atoms with Crippen LogP contribution in [-0.2, 0) is 0 Å². The second-order valence-electron chi connectivity index (χ2n) is 5.30. The van der Waals surface area contributed by atoms with Gasteiger partial charge in [-0.05, 0) is 30.3 Å². The second-order valence-corrected chi connectivity index (χ2v) is 6.11. The summed E-state index contributed by atoms with van der Waals surface area (Å²) in [6.45, 7) is 0. The van der Waals surface area contributed by atoms with Gasteiger partial charge in [-0.25, -0.2) is 0 Å². The van der Waals surface area contributed by atoms with Crippen molar-refractivity contribution in [3.8, 4) is 6.07 Å². The van der Waals surface area contributed by atoms with Gasteiger partial charge < -0.3 is 10.6 Å². The Labute approximate surface area is 160 Å². The molecule has 0 saturated heterocycles. The van der Waals surface area contributed by atoms with E-state index >= 15 is 0 Å². The van der Waals surface area contributed by atoms with Crippen LogP contribution in [0, 0.1) is 11.3 Å². The molecule has 1 amide bonds. The first-order chi connectivity index (χ1) is 12.6. The Balaban J connectivity index is 1.83. The third kappa shape index (κ3) is 3.94. The van der Waals surface area contributed by atoms with E-state index in [-0.39, 0.29) is 0 Å². The molecule has 0 atom stereocenters. The minimum atomic E-state index is -0.398. The molecule has 0 spiro atoms. The van der Waals surface area contributed by atoms with Crippen molar-refractivity contribution in [1.29, 1.82) is 5.26 Å². The maximum Gasteiger partial charge on any atom is 0.257 e. The number of nitrogens with one attached hydrogen (secondary N) is 2. The summed E-state index contributed by atoms with van der Waals surface area (Å²) in [4.78, 5) is 16.6. The lowest BCUT2D eigenvalue weighted by atomic mass is 10.2. The summed E-state index contributed by atoms with van der Waals surface area (Å²) in [5.41, 5.74) is 2.36. The van der Waals surface area contributed by atoms with E-state index in [0.29, 0.717) is 38.2 Å². The number of anilines is 3. The van der Waals surface area contributed by atoms with Crippen LogP contribution in [-0.4, -0.2) is 10.9 Å². The Morgan fingerprint density at radius 2 is 1.77 bits per heavy atom. The van der Waals surface area contributed by atoms with Gasteiger partial charge in [-0.15, -0.1) is 0 Å². The Morgan fingerprint density at radius 1 is 1.04 bits per heavy atom.